The van der Waals surface area contributed by atoms with E-state index < -0.39 is 5.54 Å². The van der Waals surface area contributed by atoms with E-state index in [1.165, 1.54) is 16.0 Å². The number of carbonyl (C=O) groups is 2. The Bertz CT molecular complexity index is 1020. The molecule has 3 amide bonds. The van der Waals surface area contributed by atoms with Crippen molar-refractivity contribution in [2.45, 2.75) is 51.0 Å². The molecule has 0 saturated carbocycles. The van der Waals surface area contributed by atoms with Crippen molar-refractivity contribution in [1.82, 2.24) is 15.1 Å². The maximum Gasteiger partial charge on any atom is 0.325 e. The van der Waals surface area contributed by atoms with Crippen molar-refractivity contribution in [2.24, 2.45) is 5.92 Å². The summed E-state index contributed by atoms with van der Waals surface area (Å²) >= 11 is 0. The van der Waals surface area contributed by atoms with Crippen molar-refractivity contribution < 1.29 is 9.59 Å². The van der Waals surface area contributed by atoms with Crippen LogP contribution < -0.4 is 5.32 Å². The fraction of sp³-hybridized carbons (Fsp3) is 0.448. The average Bonchev–Trinajstić information content (AvgIpc) is 3.12. The fourth-order valence-electron chi connectivity index (χ4n) is 5.38. The molecule has 2 aromatic rings. The maximum absolute atomic E-state index is 13.6. The average molecular weight is 458 g/mol. The van der Waals surface area contributed by atoms with E-state index >= 15 is 0 Å². The zero-order chi connectivity index (χ0) is 23.8. The Labute approximate surface area is 203 Å². The minimum Gasteiger partial charge on any atom is -0.323 e. The number of piperidine rings is 1. The van der Waals surface area contributed by atoms with E-state index in [0.29, 0.717) is 6.42 Å². The Balaban J connectivity index is 1.40. The first-order valence-corrected chi connectivity index (χ1v) is 12.5. The predicted molar refractivity (Wildman–Crippen MR) is 135 cm³/mol. The smallest absolute Gasteiger partial charge is 0.323 e. The van der Waals surface area contributed by atoms with Crippen LogP contribution in [0, 0.1) is 17.8 Å². The summed E-state index contributed by atoms with van der Waals surface area (Å²) in [5.41, 5.74) is 1.74. The molecule has 0 aliphatic carbocycles. The van der Waals surface area contributed by atoms with E-state index in [0.717, 1.165) is 51.7 Å². The lowest BCUT2D eigenvalue weighted by Gasteiger charge is -2.41. The number of likely N-dealkylation sites (tertiary alicyclic amines) is 1. The van der Waals surface area contributed by atoms with Crippen molar-refractivity contribution in [2.75, 3.05) is 26.2 Å². The highest BCUT2D eigenvalue weighted by Crippen LogP contribution is 2.37. The zero-order valence-corrected chi connectivity index (χ0v) is 20.1. The molecule has 0 radical (unpaired) electrons. The Hall–Kier alpha value is -3.10. The van der Waals surface area contributed by atoms with Crippen LogP contribution in [0.1, 0.15) is 43.7 Å². The molecule has 2 aromatic carbocycles. The largest absolute Gasteiger partial charge is 0.325 e. The summed E-state index contributed by atoms with van der Waals surface area (Å²) in [6.07, 6.45) is 5.43. The van der Waals surface area contributed by atoms with Crippen molar-refractivity contribution in [3.05, 3.63) is 71.8 Å². The molecule has 0 aromatic heterocycles. The third-order valence-electron chi connectivity index (χ3n) is 7.33. The van der Waals surface area contributed by atoms with Gasteiger partial charge in [0.15, 0.2) is 0 Å². The quantitative estimate of drug-likeness (QED) is 0.452. The van der Waals surface area contributed by atoms with E-state index in [4.69, 9.17) is 0 Å². The van der Waals surface area contributed by atoms with Gasteiger partial charge in [0.1, 0.15) is 5.54 Å². The molecule has 34 heavy (non-hydrogen) atoms. The van der Waals surface area contributed by atoms with Gasteiger partial charge in [0.2, 0.25) is 0 Å². The van der Waals surface area contributed by atoms with Crippen LogP contribution in [-0.2, 0) is 17.6 Å². The van der Waals surface area contributed by atoms with Gasteiger partial charge in [0, 0.05) is 0 Å². The third-order valence-corrected chi connectivity index (χ3v) is 7.33. The van der Waals surface area contributed by atoms with Gasteiger partial charge >= 0.3 is 6.03 Å². The number of hydrogen-bond donors (Lipinski definition) is 1. The van der Waals surface area contributed by atoms with Crippen LogP contribution in [0.2, 0.25) is 0 Å². The monoisotopic (exact) mass is 457 g/mol. The molecule has 2 saturated heterocycles. The molecule has 178 valence electrons. The van der Waals surface area contributed by atoms with Gasteiger partial charge in [-0.25, -0.2) is 4.79 Å². The number of amides is 3. The first kappa shape index (κ1) is 24.0. The summed E-state index contributed by atoms with van der Waals surface area (Å²) in [6, 6.07) is 20.5. The molecule has 2 heterocycles. The number of urea groups is 1. The predicted octanol–water partition coefficient (Wildman–Crippen LogP) is 4.28. The highest BCUT2D eigenvalue weighted by atomic mass is 16.2. The molecule has 1 atom stereocenters. The molecular formula is C29H35N3O2. The summed E-state index contributed by atoms with van der Waals surface area (Å²) in [7, 11) is 0. The van der Waals surface area contributed by atoms with Gasteiger partial charge in [0.05, 0.1) is 6.54 Å². The van der Waals surface area contributed by atoms with Gasteiger partial charge < -0.3 is 10.2 Å². The van der Waals surface area contributed by atoms with E-state index in [1.54, 1.807) is 6.92 Å². The molecule has 1 N–H and O–H groups in total. The Morgan fingerprint density at radius 1 is 0.941 bits per heavy atom. The second-order valence-electron chi connectivity index (χ2n) is 9.41. The Kier molecular flexibility index (Phi) is 8.03. The van der Waals surface area contributed by atoms with Gasteiger partial charge in [-0.05, 0) is 82.1 Å². The molecule has 2 aliphatic rings. The van der Waals surface area contributed by atoms with Crippen LogP contribution in [0.15, 0.2) is 60.7 Å². The van der Waals surface area contributed by atoms with Crippen LogP contribution in [0.3, 0.4) is 0 Å². The molecule has 0 bridgehead atoms. The van der Waals surface area contributed by atoms with Gasteiger partial charge in [-0.2, -0.15) is 0 Å². The summed E-state index contributed by atoms with van der Waals surface area (Å²) in [6.45, 7) is 4.88. The van der Waals surface area contributed by atoms with Gasteiger partial charge in [-0.15, -0.1) is 5.92 Å². The number of carbonyl (C=O) groups excluding carboxylic acids is 2. The lowest BCUT2D eigenvalue weighted by Crippen LogP contribution is -2.56. The first-order chi connectivity index (χ1) is 16.6. The number of aryl methyl sites for hydroxylation is 2. The van der Waals surface area contributed by atoms with Crippen LogP contribution in [-0.4, -0.2) is 53.5 Å². The maximum atomic E-state index is 13.6. The van der Waals surface area contributed by atoms with Crippen molar-refractivity contribution >= 4 is 11.9 Å². The summed E-state index contributed by atoms with van der Waals surface area (Å²) < 4.78 is 0. The number of benzene rings is 2. The molecule has 5 nitrogen and oxygen atoms in total. The topological polar surface area (TPSA) is 52.7 Å². The lowest BCUT2D eigenvalue weighted by atomic mass is 9.74. The van der Waals surface area contributed by atoms with Crippen LogP contribution in [0.4, 0.5) is 4.79 Å². The van der Waals surface area contributed by atoms with Crippen LogP contribution in [0.5, 0.6) is 0 Å². The van der Waals surface area contributed by atoms with Crippen molar-refractivity contribution in [1.29, 1.82) is 0 Å². The van der Waals surface area contributed by atoms with Gasteiger partial charge in [0.25, 0.3) is 5.91 Å². The molecule has 0 spiro atoms. The van der Waals surface area contributed by atoms with Crippen molar-refractivity contribution in [3.63, 3.8) is 0 Å². The summed E-state index contributed by atoms with van der Waals surface area (Å²) in [5.74, 6) is 5.74. The minimum atomic E-state index is -0.835. The minimum absolute atomic E-state index is 0.0984. The Morgan fingerprint density at radius 2 is 1.56 bits per heavy atom. The number of rotatable bonds is 9. The Morgan fingerprint density at radius 3 is 2.18 bits per heavy atom. The van der Waals surface area contributed by atoms with E-state index in [9.17, 15) is 9.59 Å². The fourth-order valence-corrected chi connectivity index (χ4v) is 5.38. The standard InChI is InChI=1S/C29H35N3O2/c1-2-3-21-32-27(33)29(30-28(32)34,19-16-25-13-8-5-9-14-25)26-17-22-31(23-18-26)20-10-15-24-11-6-4-7-12-24/h4-9,11-14,26H,10,15-23H2,1H3,(H,30,34). The van der Waals surface area contributed by atoms with Gasteiger partial charge in [-0.1, -0.05) is 66.6 Å². The lowest BCUT2D eigenvalue weighted by molar-refractivity contribution is -0.133. The second kappa shape index (κ2) is 11.4. The number of imide groups is 1. The number of nitrogens with one attached hydrogen (secondary N) is 1. The SMILES string of the molecule is CC#CCN1C(=O)NC(CCc2ccccc2)(C2CCN(CCCc3ccccc3)CC2)C1=O. The van der Waals surface area contributed by atoms with Crippen LogP contribution in [0.25, 0.3) is 0 Å². The van der Waals surface area contributed by atoms with E-state index in [-0.39, 0.29) is 24.4 Å². The molecule has 2 fully saturated rings. The number of hydrogen-bond acceptors (Lipinski definition) is 3. The molecule has 1 unspecified atom stereocenters. The third kappa shape index (κ3) is 5.51. The second-order valence-corrected chi connectivity index (χ2v) is 9.41. The first-order valence-electron chi connectivity index (χ1n) is 12.5. The highest BCUT2D eigenvalue weighted by molar-refractivity contribution is 6.07. The summed E-state index contributed by atoms with van der Waals surface area (Å²) in [4.78, 5) is 30.3. The highest BCUT2D eigenvalue weighted by Gasteiger charge is 2.55. The van der Waals surface area contributed by atoms with Crippen LogP contribution >= 0.6 is 0 Å². The molecule has 4 rings (SSSR count). The van der Waals surface area contributed by atoms with E-state index in [1.807, 2.05) is 18.2 Å². The molecule has 2 aliphatic heterocycles. The molecular weight excluding hydrogens is 422 g/mol. The summed E-state index contributed by atoms with van der Waals surface area (Å²) in [5, 5.41) is 3.15. The van der Waals surface area contributed by atoms with Gasteiger partial charge in [-0.3, -0.25) is 9.69 Å². The van der Waals surface area contributed by atoms with E-state index in [2.05, 4.69) is 64.5 Å². The van der Waals surface area contributed by atoms with Crippen molar-refractivity contribution in [3.8, 4) is 11.8 Å². The number of nitrogens with zero attached hydrogens (tertiary/aromatic N) is 2. The molecule has 5 heteroatoms. The zero-order valence-electron chi connectivity index (χ0n) is 20.1. The normalized spacial score (nSPS) is 21.3.